The maximum Gasteiger partial charge on any atom is 0.307 e. The normalized spacial score (nSPS) is 19.4. The molecule has 0 spiro atoms. The molecule has 6 heterocycles. The molecule has 2 aromatic carbocycles. The SMILES string of the molecule is Cn1c(=O)sc2ccc(N3CCCc4cc(-c5ccc(CCC6CCN(c7ncc(C(=O)NC8C(C)(C)C(Oc9ccc(C#N)c(Cl)c9)C8(C)C)cn7)CC6)nc5)ncc43)cc21. The van der Waals surface area contributed by atoms with Crippen LogP contribution < -0.4 is 24.7 Å². The number of benzene rings is 2. The Kier molecular flexibility index (Phi) is 11.0. The van der Waals surface area contributed by atoms with E-state index in [9.17, 15) is 14.9 Å². The zero-order valence-electron chi connectivity index (χ0n) is 35.7. The number of carbonyl (C=O) groups excluding carboxylic acids is 1. The number of thiazole rings is 1. The minimum atomic E-state index is -0.374. The smallest absolute Gasteiger partial charge is 0.307 e. The molecule has 0 radical (unpaired) electrons. The number of aromatic nitrogens is 5. The van der Waals surface area contributed by atoms with E-state index in [0.717, 1.165) is 96.7 Å². The van der Waals surface area contributed by atoms with E-state index < -0.39 is 0 Å². The van der Waals surface area contributed by atoms with Crippen LogP contribution in [0.25, 0.3) is 21.5 Å². The van der Waals surface area contributed by atoms with E-state index in [1.807, 2.05) is 25.5 Å². The van der Waals surface area contributed by atoms with Crippen LogP contribution in [0.5, 0.6) is 5.75 Å². The summed E-state index contributed by atoms with van der Waals surface area (Å²) in [7, 11) is 1.83. The largest absolute Gasteiger partial charge is 0.489 e. The number of ether oxygens (including phenoxy) is 1. The molecule has 0 unspecified atom stereocenters. The highest BCUT2D eigenvalue weighted by molar-refractivity contribution is 7.16. The number of hydrogen-bond donors (Lipinski definition) is 1. The van der Waals surface area contributed by atoms with Gasteiger partial charge in [-0.1, -0.05) is 50.6 Å². The Balaban J connectivity index is 0.750. The van der Waals surface area contributed by atoms with Gasteiger partial charge < -0.3 is 24.4 Å². The molecule has 3 aliphatic rings. The predicted molar refractivity (Wildman–Crippen MR) is 245 cm³/mol. The summed E-state index contributed by atoms with van der Waals surface area (Å²) in [6.07, 6.45) is 13.1. The lowest BCUT2D eigenvalue weighted by Gasteiger charge is -2.63. The lowest BCUT2D eigenvalue weighted by atomic mass is 9.49. The highest BCUT2D eigenvalue weighted by Crippen LogP contribution is 2.55. The zero-order valence-corrected chi connectivity index (χ0v) is 37.3. The number of pyridine rings is 2. The van der Waals surface area contributed by atoms with Gasteiger partial charge in [0.1, 0.15) is 17.9 Å². The van der Waals surface area contributed by atoms with Crippen LogP contribution in [0.2, 0.25) is 5.02 Å². The molecule has 1 amide bonds. The van der Waals surface area contributed by atoms with Gasteiger partial charge in [-0.3, -0.25) is 19.6 Å². The number of nitrogens with zero attached hydrogens (tertiary/aromatic N) is 8. The first kappa shape index (κ1) is 41.5. The number of nitrogens with one attached hydrogen (secondary N) is 1. The van der Waals surface area contributed by atoms with Gasteiger partial charge in [-0.05, 0) is 98.5 Å². The summed E-state index contributed by atoms with van der Waals surface area (Å²) >= 11 is 7.54. The summed E-state index contributed by atoms with van der Waals surface area (Å²) < 4.78 is 9.10. The van der Waals surface area contributed by atoms with Crippen molar-refractivity contribution in [1.29, 1.82) is 5.26 Å². The summed E-state index contributed by atoms with van der Waals surface area (Å²) in [5.41, 5.74) is 7.54. The fourth-order valence-corrected chi connectivity index (χ4v) is 11.2. The average Bonchev–Trinajstić information content (AvgIpc) is 3.57. The van der Waals surface area contributed by atoms with Crippen LogP contribution >= 0.6 is 22.9 Å². The Morgan fingerprint density at radius 3 is 2.44 bits per heavy atom. The first-order chi connectivity index (χ1) is 29.8. The highest BCUT2D eigenvalue weighted by atomic mass is 35.5. The molecular weight excluding hydrogens is 818 g/mol. The lowest BCUT2D eigenvalue weighted by molar-refractivity contribution is -0.164. The number of aryl methyl sites for hydroxylation is 3. The van der Waals surface area contributed by atoms with Crippen LogP contribution in [0, 0.1) is 28.1 Å². The molecular formula is C48H50ClN9O3S. The van der Waals surface area contributed by atoms with Gasteiger partial charge in [0.2, 0.25) is 5.95 Å². The number of piperidine rings is 1. The van der Waals surface area contributed by atoms with Crippen LogP contribution in [0.4, 0.5) is 17.3 Å². The van der Waals surface area contributed by atoms with Crippen molar-refractivity contribution in [2.24, 2.45) is 23.8 Å². The monoisotopic (exact) mass is 867 g/mol. The van der Waals surface area contributed by atoms with E-state index >= 15 is 0 Å². The Labute approximate surface area is 370 Å². The van der Waals surface area contributed by atoms with E-state index in [1.165, 1.54) is 16.9 Å². The van der Waals surface area contributed by atoms with E-state index in [0.29, 0.717) is 33.8 Å². The van der Waals surface area contributed by atoms with Crippen molar-refractivity contribution in [1.82, 2.24) is 29.8 Å². The van der Waals surface area contributed by atoms with Crippen LogP contribution in [0.15, 0.2) is 84.2 Å². The topological polar surface area (TPSA) is 142 Å². The minimum absolute atomic E-state index is 0.0538. The van der Waals surface area contributed by atoms with Gasteiger partial charge in [-0.25, -0.2) is 9.97 Å². The second kappa shape index (κ2) is 16.5. The third-order valence-corrected chi connectivity index (χ3v) is 14.7. The maximum absolute atomic E-state index is 13.5. The van der Waals surface area contributed by atoms with Crippen molar-refractivity contribution >= 4 is 56.4 Å². The number of rotatable bonds is 10. The van der Waals surface area contributed by atoms with Gasteiger partial charge in [0, 0.05) is 85.2 Å². The van der Waals surface area contributed by atoms with Crippen molar-refractivity contribution in [2.75, 3.05) is 29.4 Å². The van der Waals surface area contributed by atoms with Gasteiger partial charge in [-0.2, -0.15) is 5.26 Å². The lowest BCUT2D eigenvalue weighted by Crippen LogP contribution is -2.74. The molecule has 1 saturated carbocycles. The molecule has 1 aliphatic carbocycles. The molecule has 0 atom stereocenters. The van der Waals surface area contributed by atoms with Gasteiger partial charge >= 0.3 is 4.87 Å². The molecule has 12 nitrogen and oxygen atoms in total. The minimum Gasteiger partial charge on any atom is -0.489 e. The average molecular weight is 869 g/mol. The highest BCUT2D eigenvalue weighted by Gasteiger charge is 2.64. The molecule has 9 rings (SSSR count). The molecule has 1 N–H and O–H groups in total. The number of nitriles is 1. The fourth-order valence-electron chi connectivity index (χ4n) is 10.1. The van der Waals surface area contributed by atoms with E-state index in [-0.39, 0.29) is 33.8 Å². The Morgan fingerprint density at radius 2 is 1.73 bits per heavy atom. The maximum atomic E-state index is 13.5. The van der Waals surface area contributed by atoms with Crippen molar-refractivity contribution in [3.8, 4) is 23.1 Å². The Hall–Kier alpha value is -5.84. The number of carbonyl (C=O) groups is 1. The zero-order chi connectivity index (χ0) is 43.3. The number of anilines is 3. The molecule has 6 aromatic rings. The molecule has 2 fully saturated rings. The van der Waals surface area contributed by atoms with Crippen LogP contribution in [0.3, 0.4) is 0 Å². The molecule has 1 saturated heterocycles. The Bertz CT molecular complexity index is 2740. The summed E-state index contributed by atoms with van der Waals surface area (Å²) in [4.78, 5) is 49.2. The molecule has 2 aliphatic heterocycles. The number of fused-ring (bicyclic) bond motifs is 2. The quantitative estimate of drug-likeness (QED) is 0.142. The second-order valence-corrected chi connectivity index (χ2v) is 19.5. The van der Waals surface area contributed by atoms with Crippen LogP contribution in [-0.4, -0.2) is 62.2 Å². The van der Waals surface area contributed by atoms with Crippen molar-refractivity contribution in [2.45, 2.75) is 78.4 Å². The third-order valence-electron chi connectivity index (χ3n) is 13.3. The summed E-state index contributed by atoms with van der Waals surface area (Å²) in [5, 5.41) is 12.8. The first-order valence-corrected chi connectivity index (χ1v) is 22.5. The van der Waals surface area contributed by atoms with E-state index in [2.05, 4.69) is 89.2 Å². The second-order valence-electron chi connectivity index (χ2n) is 18.1. The number of halogens is 1. The third kappa shape index (κ3) is 7.79. The first-order valence-electron chi connectivity index (χ1n) is 21.4. The summed E-state index contributed by atoms with van der Waals surface area (Å²) in [6.45, 7) is 11.0. The van der Waals surface area contributed by atoms with Crippen LogP contribution in [-0.2, 0) is 19.9 Å². The van der Waals surface area contributed by atoms with Gasteiger partial charge in [-0.15, -0.1) is 0 Å². The molecule has 318 valence electrons. The summed E-state index contributed by atoms with van der Waals surface area (Å²) in [5.74, 6) is 1.61. The summed E-state index contributed by atoms with van der Waals surface area (Å²) in [6, 6.07) is 19.7. The fraction of sp³-hybridized carbons (Fsp3) is 0.396. The number of amides is 1. The molecule has 62 heavy (non-hydrogen) atoms. The molecule has 14 heteroatoms. The van der Waals surface area contributed by atoms with Gasteiger partial charge in [0.25, 0.3) is 5.91 Å². The van der Waals surface area contributed by atoms with Crippen molar-refractivity contribution in [3.63, 3.8) is 0 Å². The molecule has 0 bridgehead atoms. The van der Waals surface area contributed by atoms with Crippen molar-refractivity contribution in [3.05, 3.63) is 116 Å². The van der Waals surface area contributed by atoms with E-state index in [4.69, 9.17) is 26.3 Å². The van der Waals surface area contributed by atoms with Gasteiger partial charge in [0.05, 0.1) is 43.9 Å². The number of hydrogen-bond acceptors (Lipinski definition) is 11. The Morgan fingerprint density at radius 1 is 0.952 bits per heavy atom. The van der Waals surface area contributed by atoms with Crippen LogP contribution in [0.1, 0.15) is 80.6 Å². The van der Waals surface area contributed by atoms with E-state index in [1.54, 1.807) is 35.2 Å². The standard InChI is InChI=1S/C48H50ClN9O3S/c1-47(2)43(48(3,4)44(47)61-36-14-10-31(24-50)37(49)23-36)55-42(59)33-26-53-45(54-27-33)57-19-16-29(17-20-57)8-11-34-12-9-32(25-51-34)38-21-30-7-6-18-58(40(30)28-52-38)35-13-15-41-39(22-35)56(5)46(60)62-41/h9-10,12-15,21-23,25-29,43-44H,6-8,11,16-20H2,1-5H3,(H,55,59). The van der Waals surface area contributed by atoms with Crippen molar-refractivity contribution < 1.29 is 9.53 Å². The van der Waals surface area contributed by atoms with Gasteiger partial charge in [0.15, 0.2) is 0 Å². The molecule has 4 aromatic heterocycles. The predicted octanol–water partition coefficient (Wildman–Crippen LogP) is 8.92.